The van der Waals surface area contributed by atoms with Crippen molar-refractivity contribution in [3.8, 4) is 0 Å². The van der Waals surface area contributed by atoms with E-state index in [-0.39, 0.29) is 11.3 Å². The van der Waals surface area contributed by atoms with Crippen LogP contribution in [0.15, 0.2) is 24.3 Å². The van der Waals surface area contributed by atoms with E-state index in [0.29, 0.717) is 31.6 Å². The van der Waals surface area contributed by atoms with Crippen LogP contribution in [0.3, 0.4) is 0 Å². The first-order valence-electron chi connectivity index (χ1n) is 7.49. The number of benzene rings is 1. The van der Waals surface area contributed by atoms with Crippen LogP contribution in [-0.2, 0) is 9.84 Å². The zero-order valence-corrected chi connectivity index (χ0v) is 13.7. The van der Waals surface area contributed by atoms with Crippen LogP contribution in [0, 0.1) is 0 Å². The maximum absolute atomic E-state index is 12.6. The van der Waals surface area contributed by atoms with Crippen molar-refractivity contribution in [1.29, 1.82) is 0 Å². The average molecular weight is 346 g/mol. The Morgan fingerprint density at radius 2 is 2.00 bits per heavy atom. The van der Waals surface area contributed by atoms with Crippen molar-refractivity contribution < 1.29 is 22.0 Å². The van der Waals surface area contributed by atoms with Crippen molar-refractivity contribution >= 4 is 21.6 Å². The predicted octanol–water partition coefficient (Wildman–Crippen LogP) is 3.06. The summed E-state index contributed by atoms with van der Waals surface area (Å²) < 4.78 is 49.0. The highest BCUT2D eigenvalue weighted by atomic mass is 32.2. The molecule has 1 heterocycles. The maximum atomic E-state index is 12.6. The molecule has 0 aliphatic carbocycles. The molecule has 5 nitrogen and oxygen atoms in total. The molecule has 1 N–H and O–H groups in total. The van der Waals surface area contributed by atoms with E-state index in [0.717, 1.165) is 0 Å². The fraction of sp³-hybridized carbons (Fsp3) is 0.533. The maximum Gasteiger partial charge on any atom is 0.321 e. The van der Waals surface area contributed by atoms with Crippen LogP contribution in [0.2, 0.25) is 0 Å². The molecule has 1 aromatic carbocycles. The third-order valence-corrected chi connectivity index (χ3v) is 6.32. The summed E-state index contributed by atoms with van der Waals surface area (Å²) in [5.74, 6) is 0.101. The lowest BCUT2D eigenvalue weighted by Gasteiger charge is -2.31. The lowest BCUT2D eigenvalue weighted by atomic mass is 10.1. The Bertz CT molecular complexity index is 656. The van der Waals surface area contributed by atoms with Crippen LogP contribution in [0.5, 0.6) is 0 Å². The molecule has 2 amide bonds. The molecule has 1 aliphatic heterocycles. The van der Waals surface area contributed by atoms with Crippen molar-refractivity contribution in [1.82, 2.24) is 4.90 Å². The van der Waals surface area contributed by atoms with Gasteiger partial charge in [-0.05, 0) is 25.0 Å². The number of amides is 2. The van der Waals surface area contributed by atoms with E-state index in [1.165, 1.54) is 29.2 Å². The summed E-state index contributed by atoms with van der Waals surface area (Å²) in [6.45, 7) is 2.29. The van der Waals surface area contributed by atoms with E-state index < -0.39 is 27.5 Å². The Morgan fingerprint density at radius 1 is 1.35 bits per heavy atom. The van der Waals surface area contributed by atoms with Gasteiger partial charge in [0.25, 0.3) is 6.43 Å². The predicted molar refractivity (Wildman–Crippen MR) is 84.5 cm³/mol. The van der Waals surface area contributed by atoms with Crippen LogP contribution in [0.4, 0.5) is 19.3 Å². The number of piperidine rings is 1. The fourth-order valence-electron chi connectivity index (χ4n) is 2.61. The third kappa shape index (κ3) is 4.40. The van der Waals surface area contributed by atoms with Crippen LogP contribution >= 0.6 is 0 Å². The van der Waals surface area contributed by atoms with Gasteiger partial charge in [-0.2, -0.15) is 0 Å². The summed E-state index contributed by atoms with van der Waals surface area (Å²) in [4.78, 5) is 13.7. The lowest BCUT2D eigenvalue weighted by molar-refractivity contribution is 0.151. The SMILES string of the molecule is CCS(=O)(=O)C1CCN(C(=O)Nc2cccc(C(F)F)c2)CC1. The highest BCUT2D eigenvalue weighted by Crippen LogP contribution is 2.23. The van der Waals surface area contributed by atoms with Crippen molar-refractivity contribution in [2.75, 3.05) is 24.2 Å². The molecule has 1 aromatic rings. The van der Waals surface area contributed by atoms with Crippen molar-refractivity contribution in [2.45, 2.75) is 31.4 Å². The van der Waals surface area contributed by atoms with E-state index in [2.05, 4.69) is 5.32 Å². The Morgan fingerprint density at radius 3 is 2.57 bits per heavy atom. The van der Waals surface area contributed by atoms with Crippen LogP contribution in [0.1, 0.15) is 31.8 Å². The number of carbonyl (C=O) groups is 1. The number of nitrogens with zero attached hydrogens (tertiary/aromatic N) is 1. The smallest absolute Gasteiger partial charge is 0.321 e. The summed E-state index contributed by atoms with van der Waals surface area (Å²) in [6.07, 6.45) is -1.79. The Labute approximate surface area is 134 Å². The van der Waals surface area contributed by atoms with Gasteiger partial charge in [-0.3, -0.25) is 0 Å². The lowest BCUT2D eigenvalue weighted by Crippen LogP contribution is -2.44. The first-order chi connectivity index (χ1) is 10.8. The second-order valence-corrected chi connectivity index (χ2v) is 8.06. The van der Waals surface area contributed by atoms with Gasteiger partial charge in [0, 0.05) is 30.1 Å². The molecule has 1 saturated heterocycles. The largest absolute Gasteiger partial charge is 0.324 e. The molecule has 2 rings (SSSR count). The number of nitrogens with one attached hydrogen (secondary N) is 1. The molecule has 8 heteroatoms. The zero-order valence-electron chi connectivity index (χ0n) is 12.8. The van der Waals surface area contributed by atoms with Gasteiger partial charge in [0.2, 0.25) is 0 Å². The standard InChI is InChI=1S/C15H20F2N2O3S/c1-2-23(21,22)13-6-8-19(9-7-13)15(20)18-12-5-3-4-11(10-12)14(16)17/h3-5,10,13-14H,2,6-9H2,1H3,(H,18,20). The number of hydrogen-bond acceptors (Lipinski definition) is 3. The quantitative estimate of drug-likeness (QED) is 0.911. The molecule has 128 valence electrons. The number of sulfone groups is 1. The van der Waals surface area contributed by atoms with Gasteiger partial charge in [-0.25, -0.2) is 22.0 Å². The molecule has 0 spiro atoms. The van der Waals surface area contributed by atoms with Gasteiger partial charge < -0.3 is 10.2 Å². The molecule has 0 radical (unpaired) electrons. The highest BCUT2D eigenvalue weighted by Gasteiger charge is 2.30. The number of urea groups is 1. The van der Waals surface area contributed by atoms with Gasteiger partial charge in [0.15, 0.2) is 9.84 Å². The van der Waals surface area contributed by atoms with Gasteiger partial charge in [0.05, 0.1) is 5.25 Å². The summed E-state index contributed by atoms with van der Waals surface area (Å²) in [5, 5.41) is 2.17. The number of likely N-dealkylation sites (tertiary alicyclic amines) is 1. The third-order valence-electron chi connectivity index (χ3n) is 4.03. The molecule has 23 heavy (non-hydrogen) atoms. The fourth-order valence-corrected chi connectivity index (χ4v) is 4.01. The van der Waals surface area contributed by atoms with E-state index in [4.69, 9.17) is 0 Å². The van der Waals surface area contributed by atoms with Crippen LogP contribution < -0.4 is 5.32 Å². The number of anilines is 1. The minimum absolute atomic E-state index is 0.101. The molecule has 0 atom stereocenters. The van der Waals surface area contributed by atoms with E-state index >= 15 is 0 Å². The molecular formula is C15H20F2N2O3S. The highest BCUT2D eigenvalue weighted by molar-refractivity contribution is 7.92. The summed E-state index contributed by atoms with van der Waals surface area (Å²) in [7, 11) is -3.09. The number of rotatable bonds is 4. The molecule has 0 aromatic heterocycles. The summed E-state index contributed by atoms with van der Waals surface area (Å²) >= 11 is 0. The average Bonchev–Trinajstić information content (AvgIpc) is 2.55. The number of hydrogen-bond donors (Lipinski definition) is 1. The van der Waals surface area contributed by atoms with Gasteiger partial charge >= 0.3 is 6.03 Å². The number of halogens is 2. The molecule has 0 bridgehead atoms. The minimum atomic E-state index is -3.09. The topological polar surface area (TPSA) is 66.5 Å². The van der Waals surface area contributed by atoms with E-state index in [9.17, 15) is 22.0 Å². The Kier molecular flexibility index (Phi) is 5.56. The van der Waals surface area contributed by atoms with Crippen LogP contribution in [0.25, 0.3) is 0 Å². The van der Waals surface area contributed by atoms with Gasteiger partial charge in [-0.15, -0.1) is 0 Å². The molecular weight excluding hydrogens is 326 g/mol. The number of alkyl halides is 2. The molecule has 0 unspecified atom stereocenters. The Balaban J connectivity index is 1.94. The van der Waals surface area contributed by atoms with Gasteiger partial charge in [0.1, 0.15) is 0 Å². The molecule has 0 saturated carbocycles. The first-order valence-corrected chi connectivity index (χ1v) is 9.20. The molecule has 1 fully saturated rings. The van der Waals surface area contributed by atoms with Crippen molar-refractivity contribution in [3.05, 3.63) is 29.8 Å². The first kappa shape index (κ1) is 17.7. The molecule has 1 aliphatic rings. The van der Waals surface area contributed by atoms with Crippen molar-refractivity contribution in [2.24, 2.45) is 0 Å². The van der Waals surface area contributed by atoms with E-state index in [1.54, 1.807) is 6.92 Å². The second-order valence-electron chi connectivity index (χ2n) is 5.49. The van der Waals surface area contributed by atoms with E-state index in [1.807, 2.05) is 0 Å². The normalized spacial score (nSPS) is 16.6. The van der Waals surface area contributed by atoms with Gasteiger partial charge in [-0.1, -0.05) is 19.1 Å². The van der Waals surface area contributed by atoms with Crippen LogP contribution in [-0.4, -0.2) is 43.4 Å². The number of carbonyl (C=O) groups excluding carboxylic acids is 1. The summed E-state index contributed by atoms with van der Waals surface area (Å²) in [5.41, 5.74) is 0.145. The zero-order chi connectivity index (χ0) is 17.0. The van der Waals surface area contributed by atoms with Crippen molar-refractivity contribution in [3.63, 3.8) is 0 Å². The second kappa shape index (κ2) is 7.25. The summed E-state index contributed by atoms with van der Waals surface area (Å²) in [6, 6.07) is 5.12. The minimum Gasteiger partial charge on any atom is -0.324 e. The monoisotopic (exact) mass is 346 g/mol. The Hall–Kier alpha value is -1.70.